The van der Waals surface area contributed by atoms with Gasteiger partial charge in [0.05, 0.1) is 0 Å². The lowest BCUT2D eigenvalue weighted by atomic mass is 10.1. The minimum atomic E-state index is 0.0708. The van der Waals surface area contributed by atoms with Crippen LogP contribution in [0.15, 0.2) is 29.2 Å². The van der Waals surface area contributed by atoms with Crippen LogP contribution in [0, 0.1) is 0 Å². The van der Waals surface area contributed by atoms with Crippen molar-refractivity contribution in [3.8, 4) is 0 Å². The van der Waals surface area contributed by atoms with Gasteiger partial charge in [-0.05, 0) is 36.8 Å². The number of carbonyl (C=O) groups is 1. The molecule has 1 atom stereocenters. The van der Waals surface area contributed by atoms with E-state index in [1.807, 2.05) is 19.1 Å². The maximum absolute atomic E-state index is 11.0. The SMILES string of the molecule is CNC(=O)CCCSc1cccc(C(C)N)c1. The van der Waals surface area contributed by atoms with Crippen LogP contribution >= 0.6 is 11.8 Å². The van der Waals surface area contributed by atoms with Crippen molar-refractivity contribution in [3.63, 3.8) is 0 Å². The maximum atomic E-state index is 11.0. The van der Waals surface area contributed by atoms with Gasteiger partial charge in [-0.2, -0.15) is 0 Å². The Hall–Kier alpha value is -1.00. The number of thioether (sulfide) groups is 1. The molecule has 0 saturated heterocycles. The number of benzene rings is 1. The van der Waals surface area contributed by atoms with Gasteiger partial charge in [0, 0.05) is 24.4 Å². The van der Waals surface area contributed by atoms with Gasteiger partial charge in [0.2, 0.25) is 5.91 Å². The first-order valence-corrected chi connectivity index (χ1v) is 6.81. The van der Waals surface area contributed by atoms with E-state index in [4.69, 9.17) is 5.73 Å². The van der Waals surface area contributed by atoms with Crippen molar-refractivity contribution in [3.05, 3.63) is 29.8 Å². The molecular formula is C13H20N2OS. The molecule has 0 fully saturated rings. The molecule has 0 aliphatic heterocycles. The number of rotatable bonds is 6. The predicted molar refractivity (Wildman–Crippen MR) is 73.1 cm³/mol. The second-order valence-corrected chi connectivity index (χ2v) is 5.15. The zero-order valence-electron chi connectivity index (χ0n) is 10.4. The molecule has 1 amide bonds. The van der Waals surface area contributed by atoms with Crippen molar-refractivity contribution in [1.29, 1.82) is 0 Å². The third kappa shape index (κ3) is 5.24. The lowest BCUT2D eigenvalue weighted by Crippen LogP contribution is -2.17. The fourth-order valence-corrected chi connectivity index (χ4v) is 2.35. The molecule has 3 nitrogen and oxygen atoms in total. The number of carbonyl (C=O) groups excluding carboxylic acids is 1. The summed E-state index contributed by atoms with van der Waals surface area (Å²) in [7, 11) is 1.67. The quantitative estimate of drug-likeness (QED) is 0.603. The Bertz CT molecular complexity index is 366. The van der Waals surface area contributed by atoms with Gasteiger partial charge in [0.25, 0.3) is 0 Å². The molecule has 0 aliphatic carbocycles. The number of hydrogen-bond donors (Lipinski definition) is 2. The van der Waals surface area contributed by atoms with Crippen LogP contribution in [0.3, 0.4) is 0 Å². The van der Waals surface area contributed by atoms with E-state index in [9.17, 15) is 4.79 Å². The molecule has 3 N–H and O–H groups in total. The summed E-state index contributed by atoms with van der Waals surface area (Å²) in [5.74, 6) is 1.06. The molecule has 0 spiro atoms. The molecule has 1 aromatic rings. The Balaban J connectivity index is 2.36. The van der Waals surface area contributed by atoms with Crippen LogP contribution in [0.1, 0.15) is 31.4 Å². The smallest absolute Gasteiger partial charge is 0.219 e. The minimum absolute atomic E-state index is 0.0708. The summed E-state index contributed by atoms with van der Waals surface area (Å²) in [6.07, 6.45) is 1.49. The summed E-state index contributed by atoms with van der Waals surface area (Å²) >= 11 is 1.77. The highest BCUT2D eigenvalue weighted by molar-refractivity contribution is 7.99. The van der Waals surface area contributed by atoms with Crippen molar-refractivity contribution >= 4 is 17.7 Å². The molecule has 1 aromatic carbocycles. The van der Waals surface area contributed by atoms with Crippen molar-refractivity contribution in [1.82, 2.24) is 5.32 Å². The second kappa shape index (κ2) is 7.35. The molecule has 0 aromatic heterocycles. The third-order valence-electron chi connectivity index (χ3n) is 2.48. The van der Waals surface area contributed by atoms with Gasteiger partial charge in [-0.25, -0.2) is 0 Å². The molecule has 17 heavy (non-hydrogen) atoms. The fourth-order valence-electron chi connectivity index (χ4n) is 1.44. The Labute approximate surface area is 107 Å². The minimum Gasteiger partial charge on any atom is -0.359 e. The molecule has 0 saturated carbocycles. The van der Waals surface area contributed by atoms with Gasteiger partial charge < -0.3 is 11.1 Å². The third-order valence-corrected chi connectivity index (χ3v) is 3.56. The van der Waals surface area contributed by atoms with Crippen LogP contribution in [0.25, 0.3) is 0 Å². The van der Waals surface area contributed by atoms with E-state index < -0.39 is 0 Å². The largest absolute Gasteiger partial charge is 0.359 e. The van der Waals surface area contributed by atoms with Crippen LogP contribution < -0.4 is 11.1 Å². The second-order valence-electron chi connectivity index (χ2n) is 3.99. The van der Waals surface area contributed by atoms with Crippen LogP contribution in [-0.2, 0) is 4.79 Å². The van der Waals surface area contributed by atoms with E-state index in [-0.39, 0.29) is 11.9 Å². The molecule has 94 valence electrons. The van der Waals surface area contributed by atoms with Crippen LogP contribution in [0.5, 0.6) is 0 Å². The molecule has 1 rings (SSSR count). The van der Waals surface area contributed by atoms with Gasteiger partial charge in [0.15, 0.2) is 0 Å². The summed E-state index contributed by atoms with van der Waals surface area (Å²) in [5.41, 5.74) is 6.99. The lowest BCUT2D eigenvalue weighted by molar-refractivity contribution is -0.120. The first-order chi connectivity index (χ1) is 8.13. The van der Waals surface area contributed by atoms with Crippen molar-refractivity contribution < 1.29 is 4.79 Å². The van der Waals surface area contributed by atoms with Gasteiger partial charge in [-0.15, -0.1) is 11.8 Å². The van der Waals surface area contributed by atoms with E-state index in [0.29, 0.717) is 6.42 Å². The summed E-state index contributed by atoms with van der Waals surface area (Å²) < 4.78 is 0. The summed E-state index contributed by atoms with van der Waals surface area (Å²) in [6.45, 7) is 1.98. The van der Waals surface area contributed by atoms with Gasteiger partial charge in [0.1, 0.15) is 0 Å². The van der Waals surface area contributed by atoms with Crippen molar-refractivity contribution in [2.75, 3.05) is 12.8 Å². The standard InChI is InChI=1S/C13H20N2OS/c1-10(14)11-5-3-6-12(9-11)17-8-4-7-13(16)15-2/h3,5-6,9-10H,4,7-8,14H2,1-2H3,(H,15,16). The Kier molecular flexibility index (Phi) is 6.08. The first-order valence-electron chi connectivity index (χ1n) is 5.82. The van der Waals surface area contributed by atoms with Crippen molar-refractivity contribution in [2.45, 2.75) is 30.7 Å². The Morgan fingerprint density at radius 2 is 2.29 bits per heavy atom. The van der Waals surface area contributed by atoms with Crippen LogP contribution in [0.4, 0.5) is 0 Å². The average molecular weight is 252 g/mol. The van der Waals surface area contributed by atoms with E-state index in [1.54, 1.807) is 18.8 Å². The predicted octanol–water partition coefficient (Wildman–Crippen LogP) is 2.32. The van der Waals surface area contributed by atoms with E-state index in [1.165, 1.54) is 4.90 Å². The molecule has 4 heteroatoms. The highest BCUT2D eigenvalue weighted by atomic mass is 32.2. The van der Waals surface area contributed by atoms with Gasteiger partial charge in [-0.3, -0.25) is 4.79 Å². The molecule has 1 unspecified atom stereocenters. The first kappa shape index (κ1) is 14.1. The highest BCUT2D eigenvalue weighted by Gasteiger charge is 2.02. The zero-order chi connectivity index (χ0) is 12.7. The summed E-state index contributed by atoms with van der Waals surface area (Å²) in [5, 5.41) is 2.62. The van der Waals surface area contributed by atoms with Crippen molar-refractivity contribution in [2.24, 2.45) is 5.73 Å². The highest BCUT2D eigenvalue weighted by Crippen LogP contribution is 2.22. The Morgan fingerprint density at radius 3 is 2.94 bits per heavy atom. The average Bonchev–Trinajstić information content (AvgIpc) is 2.34. The number of hydrogen-bond acceptors (Lipinski definition) is 3. The molecule has 0 bridgehead atoms. The van der Waals surface area contributed by atoms with E-state index in [0.717, 1.165) is 17.7 Å². The molecule has 0 heterocycles. The van der Waals surface area contributed by atoms with Gasteiger partial charge in [-0.1, -0.05) is 12.1 Å². The number of nitrogens with two attached hydrogens (primary N) is 1. The monoisotopic (exact) mass is 252 g/mol. The molecule has 0 aliphatic rings. The topological polar surface area (TPSA) is 55.1 Å². The van der Waals surface area contributed by atoms with Gasteiger partial charge >= 0.3 is 0 Å². The molecule has 0 radical (unpaired) electrons. The number of nitrogens with one attached hydrogen (secondary N) is 1. The molecular weight excluding hydrogens is 232 g/mol. The maximum Gasteiger partial charge on any atom is 0.219 e. The summed E-state index contributed by atoms with van der Waals surface area (Å²) in [6, 6.07) is 8.34. The fraction of sp³-hybridized carbons (Fsp3) is 0.462. The Morgan fingerprint density at radius 1 is 1.53 bits per heavy atom. The lowest BCUT2D eigenvalue weighted by Gasteiger charge is -2.07. The van der Waals surface area contributed by atoms with E-state index >= 15 is 0 Å². The summed E-state index contributed by atoms with van der Waals surface area (Å²) in [4.78, 5) is 12.2. The van der Waals surface area contributed by atoms with E-state index in [2.05, 4.69) is 17.4 Å². The van der Waals surface area contributed by atoms with Crippen LogP contribution in [0.2, 0.25) is 0 Å². The van der Waals surface area contributed by atoms with Crippen LogP contribution in [-0.4, -0.2) is 18.7 Å². The number of amides is 1. The zero-order valence-corrected chi connectivity index (χ0v) is 11.2. The normalized spacial score (nSPS) is 12.2.